The van der Waals surface area contributed by atoms with Gasteiger partial charge in [-0.1, -0.05) is 42.0 Å². The first kappa shape index (κ1) is 22.7. The number of hydrogen-bond donors (Lipinski definition) is 1. The number of nitrogens with one attached hydrogen (secondary N) is 1. The molecular weight excluding hydrogens is 440 g/mol. The summed E-state index contributed by atoms with van der Waals surface area (Å²) in [4.78, 5) is 13.0. The molecule has 4 rings (SSSR count). The lowest BCUT2D eigenvalue weighted by atomic mass is 10.1. The van der Waals surface area contributed by atoms with Crippen molar-refractivity contribution >= 4 is 21.6 Å². The minimum absolute atomic E-state index is 0.127. The maximum Gasteiger partial charge on any atom is 0.264 e. The molecule has 0 aromatic heterocycles. The zero-order chi connectivity index (χ0) is 23.4. The van der Waals surface area contributed by atoms with Crippen molar-refractivity contribution < 1.29 is 22.7 Å². The number of anilines is 1. The number of sulfonamides is 1. The Morgan fingerprint density at radius 2 is 1.73 bits per heavy atom. The van der Waals surface area contributed by atoms with Crippen molar-refractivity contribution in [3.05, 3.63) is 83.9 Å². The summed E-state index contributed by atoms with van der Waals surface area (Å²) in [5, 5.41) is 2.77. The van der Waals surface area contributed by atoms with Gasteiger partial charge < -0.3 is 14.8 Å². The summed E-state index contributed by atoms with van der Waals surface area (Å²) in [6.07, 6.45) is -0.989. The van der Waals surface area contributed by atoms with Crippen LogP contribution < -0.4 is 19.1 Å². The molecule has 172 valence electrons. The molecule has 0 aliphatic carbocycles. The zero-order valence-electron chi connectivity index (χ0n) is 18.5. The average molecular weight is 467 g/mol. The molecule has 8 heteroatoms. The fraction of sp³-hybridized carbons (Fsp3) is 0.240. The Morgan fingerprint density at radius 3 is 2.45 bits per heavy atom. The SMILES string of the molecule is Cc1ccc(S(=O)(=O)N2C[C@H](C(=O)NCCOc3ccccc3)Oc3ccc(C)cc32)cc1. The Hall–Kier alpha value is -3.52. The summed E-state index contributed by atoms with van der Waals surface area (Å²) in [5.74, 6) is 0.658. The van der Waals surface area contributed by atoms with E-state index in [1.165, 1.54) is 4.31 Å². The molecule has 1 heterocycles. The molecule has 0 bridgehead atoms. The maximum absolute atomic E-state index is 13.5. The fourth-order valence-corrected chi connectivity index (χ4v) is 5.00. The van der Waals surface area contributed by atoms with Crippen LogP contribution in [0.1, 0.15) is 11.1 Å². The number of hydrogen-bond acceptors (Lipinski definition) is 5. The predicted octanol–water partition coefficient (Wildman–Crippen LogP) is 3.45. The number of ether oxygens (including phenoxy) is 2. The number of aryl methyl sites for hydroxylation is 2. The van der Waals surface area contributed by atoms with E-state index in [1.807, 2.05) is 50.2 Å². The third-order valence-electron chi connectivity index (χ3n) is 5.30. The van der Waals surface area contributed by atoms with Gasteiger partial charge in [0.25, 0.3) is 15.9 Å². The first-order valence-electron chi connectivity index (χ1n) is 10.7. The summed E-state index contributed by atoms with van der Waals surface area (Å²) in [6, 6.07) is 21.2. The van der Waals surface area contributed by atoms with E-state index in [0.29, 0.717) is 17.2 Å². The van der Waals surface area contributed by atoms with Gasteiger partial charge in [-0.15, -0.1) is 0 Å². The molecule has 1 atom stereocenters. The number of carbonyl (C=O) groups excluding carboxylic acids is 1. The number of para-hydroxylation sites is 1. The van der Waals surface area contributed by atoms with Gasteiger partial charge in [-0.25, -0.2) is 8.42 Å². The largest absolute Gasteiger partial charge is 0.492 e. The van der Waals surface area contributed by atoms with E-state index in [0.717, 1.165) is 11.1 Å². The Labute approximate surface area is 194 Å². The quantitative estimate of drug-likeness (QED) is 0.539. The van der Waals surface area contributed by atoms with E-state index in [-0.39, 0.29) is 24.6 Å². The third-order valence-corrected chi connectivity index (χ3v) is 7.09. The van der Waals surface area contributed by atoms with Crippen LogP contribution in [-0.2, 0) is 14.8 Å². The van der Waals surface area contributed by atoms with E-state index in [4.69, 9.17) is 9.47 Å². The predicted molar refractivity (Wildman–Crippen MR) is 126 cm³/mol. The van der Waals surface area contributed by atoms with Crippen LogP contribution in [0.4, 0.5) is 5.69 Å². The zero-order valence-corrected chi connectivity index (χ0v) is 19.3. The van der Waals surface area contributed by atoms with Crippen LogP contribution in [0.15, 0.2) is 77.7 Å². The number of amides is 1. The summed E-state index contributed by atoms with van der Waals surface area (Å²) < 4.78 is 39.7. The smallest absolute Gasteiger partial charge is 0.264 e. The second-order valence-corrected chi connectivity index (χ2v) is 9.74. The van der Waals surface area contributed by atoms with Gasteiger partial charge in [-0.2, -0.15) is 0 Å². The van der Waals surface area contributed by atoms with Crippen LogP contribution in [0.3, 0.4) is 0 Å². The molecule has 1 N–H and O–H groups in total. The topological polar surface area (TPSA) is 84.9 Å². The van der Waals surface area contributed by atoms with E-state index in [9.17, 15) is 13.2 Å². The molecule has 3 aromatic carbocycles. The average Bonchev–Trinajstić information content (AvgIpc) is 2.82. The minimum Gasteiger partial charge on any atom is -0.492 e. The van der Waals surface area contributed by atoms with Gasteiger partial charge in [0.05, 0.1) is 23.7 Å². The molecule has 0 saturated carbocycles. The van der Waals surface area contributed by atoms with Crippen molar-refractivity contribution in [3.8, 4) is 11.5 Å². The fourth-order valence-electron chi connectivity index (χ4n) is 3.54. The molecule has 7 nitrogen and oxygen atoms in total. The molecule has 0 fully saturated rings. The van der Waals surface area contributed by atoms with E-state index >= 15 is 0 Å². The summed E-state index contributed by atoms with van der Waals surface area (Å²) in [7, 11) is -3.89. The number of carbonyl (C=O) groups is 1. The molecule has 0 unspecified atom stereocenters. The molecule has 0 radical (unpaired) electrons. The number of nitrogens with zero attached hydrogens (tertiary/aromatic N) is 1. The number of benzene rings is 3. The van der Waals surface area contributed by atoms with E-state index in [2.05, 4.69) is 5.32 Å². The van der Waals surface area contributed by atoms with E-state index < -0.39 is 22.0 Å². The van der Waals surface area contributed by atoms with Gasteiger partial charge in [0.2, 0.25) is 0 Å². The lowest BCUT2D eigenvalue weighted by Gasteiger charge is -2.35. The Balaban J connectivity index is 1.51. The van der Waals surface area contributed by atoms with E-state index in [1.54, 1.807) is 36.4 Å². The van der Waals surface area contributed by atoms with Crippen molar-refractivity contribution in [2.45, 2.75) is 24.8 Å². The van der Waals surface area contributed by atoms with Crippen LogP contribution >= 0.6 is 0 Å². The highest BCUT2D eigenvalue weighted by atomic mass is 32.2. The number of fused-ring (bicyclic) bond motifs is 1. The van der Waals surface area contributed by atoms with Gasteiger partial charge in [0.1, 0.15) is 18.1 Å². The second kappa shape index (κ2) is 9.54. The van der Waals surface area contributed by atoms with Gasteiger partial charge in [-0.05, 0) is 55.8 Å². The normalized spacial score (nSPS) is 15.3. The van der Waals surface area contributed by atoms with Gasteiger partial charge in [0, 0.05) is 0 Å². The van der Waals surface area contributed by atoms with Gasteiger partial charge in [0.15, 0.2) is 6.10 Å². The van der Waals surface area contributed by atoms with Crippen LogP contribution in [-0.4, -0.2) is 40.1 Å². The van der Waals surface area contributed by atoms with Crippen molar-refractivity contribution in [1.82, 2.24) is 5.32 Å². The highest BCUT2D eigenvalue weighted by Crippen LogP contribution is 2.37. The third kappa shape index (κ3) is 5.12. The second-order valence-electron chi connectivity index (χ2n) is 7.88. The summed E-state index contributed by atoms with van der Waals surface area (Å²) in [5.41, 5.74) is 2.27. The highest BCUT2D eigenvalue weighted by Gasteiger charge is 2.37. The molecule has 0 spiro atoms. The Bertz CT molecular complexity index is 1230. The van der Waals surface area contributed by atoms with Gasteiger partial charge in [-0.3, -0.25) is 9.10 Å². The Morgan fingerprint density at radius 1 is 1.03 bits per heavy atom. The first-order valence-corrected chi connectivity index (χ1v) is 12.1. The van der Waals surface area contributed by atoms with Crippen LogP contribution in [0.5, 0.6) is 11.5 Å². The van der Waals surface area contributed by atoms with Crippen molar-refractivity contribution in [2.24, 2.45) is 0 Å². The molecule has 1 aliphatic rings. The molecule has 3 aromatic rings. The molecule has 1 amide bonds. The summed E-state index contributed by atoms with van der Waals surface area (Å²) >= 11 is 0. The van der Waals surface area contributed by atoms with Crippen LogP contribution in [0.25, 0.3) is 0 Å². The number of rotatable bonds is 7. The first-order chi connectivity index (χ1) is 15.8. The maximum atomic E-state index is 13.5. The standard InChI is InChI=1S/C25H26N2O5S/c1-18-8-11-21(12-9-18)33(29,30)27-17-24(32-23-13-10-19(2)16-22(23)27)25(28)26-14-15-31-20-6-4-3-5-7-20/h3-13,16,24H,14-15,17H2,1-2H3,(H,26,28)/t24-/m1/s1. The lowest BCUT2D eigenvalue weighted by Crippen LogP contribution is -2.51. The monoisotopic (exact) mass is 466 g/mol. The van der Waals surface area contributed by atoms with Crippen LogP contribution in [0.2, 0.25) is 0 Å². The summed E-state index contributed by atoms with van der Waals surface area (Å²) in [6.45, 7) is 4.19. The lowest BCUT2D eigenvalue weighted by molar-refractivity contribution is -0.127. The Kier molecular flexibility index (Phi) is 6.55. The molecule has 0 saturated heterocycles. The van der Waals surface area contributed by atoms with Crippen molar-refractivity contribution in [1.29, 1.82) is 0 Å². The highest BCUT2D eigenvalue weighted by molar-refractivity contribution is 7.92. The van der Waals surface area contributed by atoms with Crippen LogP contribution in [0, 0.1) is 13.8 Å². The minimum atomic E-state index is -3.89. The van der Waals surface area contributed by atoms with Crippen molar-refractivity contribution in [3.63, 3.8) is 0 Å². The van der Waals surface area contributed by atoms with Crippen molar-refractivity contribution in [2.75, 3.05) is 24.0 Å². The molecule has 33 heavy (non-hydrogen) atoms. The molecular formula is C25H26N2O5S. The molecule has 1 aliphatic heterocycles. The van der Waals surface area contributed by atoms with Gasteiger partial charge >= 0.3 is 0 Å².